The molecule has 0 bridgehead atoms. The first kappa shape index (κ1) is 26.1. The topological polar surface area (TPSA) is 118 Å². The van der Waals surface area contributed by atoms with Crippen LogP contribution in [0, 0.1) is 0 Å². The number of ether oxygens (including phenoxy) is 1. The highest BCUT2D eigenvalue weighted by molar-refractivity contribution is 6.29. The van der Waals surface area contributed by atoms with E-state index in [2.05, 4.69) is 25.3 Å². The van der Waals surface area contributed by atoms with Crippen molar-refractivity contribution in [1.82, 2.24) is 34.7 Å². The lowest BCUT2D eigenvalue weighted by atomic mass is 10.1. The van der Waals surface area contributed by atoms with Crippen molar-refractivity contribution < 1.29 is 14.3 Å². The van der Waals surface area contributed by atoms with Crippen LogP contribution in [0.25, 0.3) is 5.95 Å². The van der Waals surface area contributed by atoms with Gasteiger partial charge in [-0.1, -0.05) is 35.9 Å². The molecular formula is C27H27ClN8O3. The number of nitrogens with one attached hydrogen (secondary N) is 1. The van der Waals surface area contributed by atoms with Crippen LogP contribution in [0.3, 0.4) is 0 Å². The zero-order valence-corrected chi connectivity index (χ0v) is 22.0. The molecule has 1 aliphatic heterocycles. The van der Waals surface area contributed by atoms with Gasteiger partial charge in [-0.15, -0.1) is 0 Å². The van der Waals surface area contributed by atoms with Crippen molar-refractivity contribution in [2.75, 3.05) is 38.2 Å². The summed E-state index contributed by atoms with van der Waals surface area (Å²) in [5, 5.41) is 3.25. The number of imidazole rings is 1. The van der Waals surface area contributed by atoms with Gasteiger partial charge < -0.3 is 19.9 Å². The zero-order chi connectivity index (χ0) is 27.2. The van der Waals surface area contributed by atoms with Crippen LogP contribution < -0.4 is 15.0 Å². The van der Waals surface area contributed by atoms with Crippen LogP contribution in [0.4, 0.5) is 5.82 Å². The Hall–Kier alpha value is -4.51. The van der Waals surface area contributed by atoms with Crippen molar-refractivity contribution in [3.63, 3.8) is 0 Å². The van der Waals surface area contributed by atoms with Crippen molar-refractivity contribution in [3.05, 3.63) is 89.9 Å². The number of amides is 2. The molecule has 0 aliphatic carbocycles. The molecule has 0 spiro atoms. The predicted molar refractivity (Wildman–Crippen MR) is 145 cm³/mol. The fraction of sp³-hybridized carbons (Fsp3) is 0.259. The summed E-state index contributed by atoms with van der Waals surface area (Å²) >= 11 is 6.36. The van der Waals surface area contributed by atoms with E-state index in [0.717, 1.165) is 11.3 Å². The Morgan fingerprint density at radius 1 is 1.10 bits per heavy atom. The molecule has 200 valence electrons. The number of anilines is 1. The molecule has 1 aliphatic rings. The Balaban J connectivity index is 1.38. The van der Waals surface area contributed by atoms with E-state index in [4.69, 9.17) is 16.3 Å². The van der Waals surface area contributed by atoms with Gasteiger partial charge in [0.05, 0.1) is 13.7 Å². The van der Waals surface area contributed by atoms with Gasteiger partial charge >= 0.3 is 0 Å². The van der Waals surface area contributed by atoms with Gasteiger partial charge in [0.1, 0.15) is 34.8 Å². The molecule has 5 rings (SSSR count). The first-order valence-corrected chi connectivity index (χ1v) is 12.8. The average molecular weight is 547 g/mol. The Bertz CT molecular complexity index is 1430. The maximum absolute atomic E-state index is 13.6. The van der Waals surface area contributed by atoms with Gasteiger partial charge in [0.2, 0.25) is 11.9 Å². The molecule has 4 aromatic rings. The normalized spacial score (nSPS) is 15.2. The number of pyridine rings is 1. The minimum atomic E-state index is -0.717. The number of methoxy groups -OCH3 is 1. The lowest BCUT2D eigenvalue weighted by Gasteiger charge is -2.41. The third-order valence-corrected chi connectivity index (χ3v) is 6.63. The quantitative estimate of drug-likeness (QED) is 0.335. The average Bonchev–Trinajstić information content (AvgIpc) is 3.52. The zero-order valence-electron chi connectivity index (χ0n) is 21.3. The summed E-state index contributed by atoms with van der Waals surface area (Å²) in [6.07, 6.45) is 7.06. The van der Waals surface area contributed by atoms with Crippen LogP contribution in [0.15, 0.2) is 73.4 Å². The van der Waals surface area contributed by atoms with Crippen LogP contribution >= 0.6 is 11.6 Å². The lowest BCUT2D eigenvalue weighted by Crippen LogP contribution is -2.60. The number of hydrogen-bond acceptors (Lipinski definition) is 8. The number of hydrogen-bond donors (Lipinski definition) is 1. The van der Waals surface area contributed by atoms with Crippen LogP contribution in [-0.2, 0) is 11.2 Å². The van der Waals surface area contributed by atoms with E-state index in [1.807, 2.05) is 29.2 Å². The Labute approximate surface area is 230 Å². The number of carbonyl (C=O) groups is 2. The van der Waals surface area contributed by atoms with Crippen molar-refractivity contribution in [2.45, 2.75) is 12.5 Å². The maximum atomic E-state index is 13.6. The number of halogens is 1. The SMILES string of the molecule is COc1ccccc1CCNC(=O)C1CN(C(=O)c2ccccn2)CCN1c1cc(Cl)nc(-n2ccnc2)n1. The first-order valence-electron chi connectivity index (χ1n) is 12.4. The van der Waals surface area contributed by atoms with Gasteiger partial charge in [0, 0.05) is 44.3 Å². The highest BCUT2D eigenvalue weighted by Gasteiger charge is 2.36. The molecule has 11 nitrogen and oxygen atoms in total. The number of aromatic nitrogens is 5. The Kier molecular flexibility index (Phi) is 7.97. The molecule has 1 fully saturated rings. The molecule has 1 aromatic carbocycles. The summed E-state index contributed by atoms with van der Waals surface area (Å²) < 4.78 is 7.06. The summed E-state index contributed by atoms with van der Waals surface area (Å²) in [5.74, 6) is 1.11. The smallest absolute Gasteiger partial charge is 0.272 e. The summed E-state index contributed by atoms with van der Waals surface area (Å²) in [4.78, 5) is 47.5. The molecule has 2 amide bonds. The second-order valence-electron chi connectivity index (χ2n) is 8.85. The fourth-order valence-electron chi connectivity index (χ4n) is 4.50. The molecule has 1 unspecified atom stereocenters. The number of piperazine rings is 1. The van der Waals surface area contributed by atoms with E-state index in [1.165, 1.54) is 0 Å². The number of nitrogens with zero attached hydrogens (tertiary/aromatic N) is 7. The number of benzene rings is 1. The number of rotatable bonds is 8. The summed E-state index contributed by atoms with van der Waals surface area (Å²) in [6, 6.07) is 13.8. The van der Waals surface area contributed by atoms with Crippen LogP contribution in [-0.4, -0.2) is 80.5 Å². The molecule has 39 heavy (non-hydrogen) atoms. The van der Waals surface area contributed by atoms with Crippen LogP contribution in [0.2, 0.25) is 5.15 Å². The molecule has 1 saturated heterocycles. The number of carbonyl (C=O) groups excluding carboxylic acids is 2. The van der Waals surface area contributed by atoms with E-state index in [-0.39, 0.29) is 23.5 Å². The van der Waals surface area contributed by atoms with Crippen LogP contribution in [0.1, 0.15) is 16.1 Å². The first-order chi connectivity index (χ1) is 19.0. The summed E-state index contributed by atoms with van der Waals surface area (Å²) in [5.41, 5.74) is 1.31. The third kappa shape index (κ3) is 5.99. The molecule has 1 N–H and O–H groups in total. The van der Waals surface area contributed by atoms with Gasteiger partial charge in [0.15, 0.2) is 0 Å². The van der Waals surface area contributed by atoms with Gasteiger partial charge in [-0.05, 0) is 30.2 Å². The van der Waals surface area contributed by atoms with E-state index in [0.29, 0.717) is 43.5 Å². The largest absolute Gasteiger partial charge is 0.496 e. The molecule has 0 radical (unpaired) electrons. The Morgan fingerprint density at radius 3 is 2.72 bits per heavy atom. The monoisotopic (exact) mass is 546 g/mol. The second-order valence-corrected chi connectivity index (χ2v) is 9.23. The predicted octanol–water partition coefficient (Wildman–Crippen LogP) is 2.41. The Morgan fingerprint density at radius 2 is 1.95 bits per heavy atom. The molecule has 1 atom stereocenters. The van der Waals surface area contributed by atoms with Crippen molar-refractivity contribution in [1.29, 1.82) is 0 Å². The van der Waals surface area contributed by atoms with Gasteiger partial charge in [0.25, 0.3) is 5.91 Å². The van der Waals surface area contributed by atoms with Crippen molar-refractivity contribution >= 4 is 29.2 Å². The third-order valence-electron chi connectivity index (χ3n) is 6.44. The number of para-hydroxylation sites is 1. The van der Waals surface area contributed by atoms with E-state index in [1.54, 1.807) is 65.8 Å². The minimum Gasteiger partial charge on any atom is -0.496 e. The van der Waals surface area contributed by atoms with E-state index >= 15 is 0 Å². The maximum Gasteiger partial charge on any atom is 0.272 e. The molecule has 3 aromatic heterocycles. The highest BCUT2D eigenvalue weighted by atomic mass is 35.5. The summed E-state index contributed by atoms with van der Waals surface area (Å²) in [6.45, 7) is 1.28. The molecule has 4 heterocycles. The standard InChI is InChI=1S/C27H27ClN8O3/c1-39-22-8-3-2-6-19(22)9-11-31-25(37)21-17-34(26(38)20-7-4-5-10-30-20)14-15-36(21)24-16-23(28)32-27(33-24)35-13-12-29-18-35/h2-8,10,12-13,16,18,21H,9,11,14-15,17H2,1H3,(H,31,37). The van der Waals surface area contributed by atoms with Crippen LogP contribution in [0.5, 0.6) is 5.75 Å². The van der Waals surface area contributed by atoms with E-state index in [9.17, 15) is 9.59 Å². The van der Waals surface area contributed by atoms with Gasteiger partial charge in [-0.2, -0.15) is 4.98 Å². The molecule has 12 heteroatoms. The highest BCUT2D eigenvalue weighted by Crippen LogP contribution is 2.24. The molecule has 0 saturated carbocycles. The van der Waals surface area contributed by atoms with Gasteiger partial charge in [-0.25, -0.2) is 9.97 Å². The van der Waals surface area contributed by atoms with Gasteiger partial charge in [-0.3, -0.25) is 19.1 Å². The van der Waals surface area contributed by atoms with Crippen molar-refractivity contribution in [3.8, 4) is 11.7 Å². The fourth-order valence-corrected chi connectivity index (χ4v) is 4.67. The lowest BCUT2D eigenvalue weighted by molar-refractivity contribution is -0.123. The second kappa shape index (κ2) is 11.9. The van der Waals surface area contributed by atoms with Crippen molar-refractivity contribution in [2.24, 2.45) is 0 Å². The van der Waals surface area contributed by atoms with E-state index < -0.39 is 6.04 Å². The summed E-state index contributed by atoms with van der Waals surface area (Å²) in [7, 11) is 1.62. The minimum absolute atomic E-state index is 0.151. The molecular weight excluding hydrogens is 520 g/mol.